The van der Waals surface area contributed by atoms with Gasteiger partial charge in [0, 0.05) is 29.7 Å². The fourth-order valence-electron chi connectivity index (χ4n) is 2.09. The van der Waals surface area contributed by atoms with Crippen molar-refractivity contribution in [1.29, 1.82) is 0 Å². The average Bonchev–Trinajstić information content (AvgIpc) is 2.74. The van der Waals surface area contributed by atoms with E-state index in [0.717, 1.165) is 6.26 Å². The second-order valence-electron chi connectivity index (χ2n) is 4.61. The van der Waals surface area contributed by atoms with Crippen LogP contribution >= 0.6 is 10.7 Å². The Hall–Kier alpha value is -1.25. The number of hydrogen-bond acceptors (Lipinski definition) is 5. The molecule has 1 aromatic heterocycles. The molecule has 0 atom stereocenters. The van der Waals surface area contributed by atoms with Crippen LogP contribution in [-0.4, -0.2) is 40.5 Å². The van der Waals surface area contributed by atoms with Gasteiger partial charge in [0.1, 0.15) is 20.5 Å². The number of fused-ring (bicyclic) bond motifs is 1. The molecule has 0 aliphatic heterocycles. The van der Waals surface area contributed by atoms with E-state index in [0.29, 0.717) is 16.7 Å². The third kappa shape index (κ3) is 3.50. The zero-order valence-corrected chi connectivity index (χ0v) is 13.8. The maximum Gasteiger partial charge on any atom is 0.263 e. The molecule has 0 bridgehead atoms. The molecule has 0 N–H and O–H groups in total. The molecule has 0 unspecified atom stereocenters. The third-order valence-electron chi connectivity index (χ3n) is 3.02. The van der Waals surface area contributed by atoms with E-state index in [1.54, 1.807) is 22.8 Å². The van der Waals surface area contributed by atoms with Crippen molar-refractivity contribution in [2.75, 3.05) is 19.1 Å². The van der Waals surface area contributed by atoms with Crippen molar-refractivity contribution in [1.82, 2.24) is 4.57 Å². The molecule has 1 aromatic carbocycles. The predicted molar refractivity (Wildman–Crippen MR) is 81.2 cm³/mol. The summed E-state index contributed by atoms with van der Waals surface area (Å²) in [5, 5.41) is 0.350. The summed E-state index contributed by atoms with van der Waals surface area (Å²) in [5.74, 6) is 0.264. The molecule has 6 nitrogen and oxygen atoms in total. The fraction of sp³-hybridized carbons (Fsp3) is 0.333. The van der Waals surface area contributed by atoms with Crippen molar-refractivity contribution in [3.63, 3.8) is 0 Å². The molecule has 2 aromatic rings. The van der Waals surface area contributed by atoms with Gasteiger partial charge < -0.3 is 9.30 Å². The highest BCUT2D eigenvalue weighted by atomic mass is 35.7. The fourth-order valence-corrected chi connectivity index (χ4v) is 3.67. The van der Waals surface area contributed by atoms with E-state index in [9.17, 15) is 16.8 Å². The summed E-state index contributed by atoms with van der Waals surface area (Å²) in [7, 11) is -0.262. The van der Waals surface area contributed by atoms with E-state index >= 15 is 0 Å². The Kier molecular flexibility index (Phi) is 4.23. The number of benzene rings is 1. The molecule has 2 rings (SSSR count). The SMILES string of the molecule is COc1cccc2c1c(S(=O)(=O)Cl)cn2CCS(C)(=O)=O. The molecular weight excluding hydrogens is 338 g/mol. The van der Waals surface area contributed by atoms with Crippen LogP contribution in [0.4, 0.5) is 0 Å². The van der Waals surface area contributed by atoms with Gasteiger partial charge in [-0.3, -0.25) is 0 Å². The number of aromatic nitrogens is 1. The van der Waals surface area contributed by atoms with Crippen LogP contribution in [0.3, 0.4) is 0 Å². The van der Waals surface area contributed by atoms with Crippen molar-refractivity contribution in [2.45, 2.75) is 11.4 Å². The van der Waals surface area contributed by atoms with Crippen LogP contribution < -0.4 is 4.74 Å². The Labute approximate surface area is 127 Å². The summed E-state index contributed by atoms with van der Waals surface area (Å²) in [6, 6.07) is 5.00. The molecule has 21 heavy (non-hydrogen) atoms. The molecule has 0 spiro atoms. The molecular formula is C12H14ClNO5S2. The molecule has 0 saturated carbocycles. The van der Waals surface area contributed by atoms with Crippen molar-refractivity contribution < 1.29 is 21.6 Å². The van der Waals surface area contributed by atoms with E-state index in [4.69, 9.17) is 15.4 Å². The number of nitrogens with zero attached hydrogens (tertiary/aromatic N) is 1. The maximum absolute atomic E-state index is 11.7. The van der Waals surface area contributed by atoms with E-state index in [1.165, 1.54) is 13.3 Å². The molecule has 9 heteroatoms. The minimum absolute atomic E-state index is 0.0925. The van der Waals surface area contributed by atoms with E-state index in [-0.39, 0.29) is 17.2 Å². The lowest BCUT2D eigenvalue weighted by molar-refractivity contribution is 0.419. The third-order valence-corrected chi connectivity index (χ3v) is 5.28. The zero-order valence-electron chi connectivity index (χ0n) is 11.4. The highest BCUT2D eigenvalue weighted by molar-refractivity contribution is 8.14. The topological polar surface area (TPSA) is 82.4 Å². The molecule has 1 heterocycles. The van der Waals surface area contributed by atoms with E-state index in [1.807, 2.05) is 0 Å². The number of aryl methyl sites for hydroxylation is 1. The van der Waals surface area contributed by atoms with Crippen molar-refractivity contribution in [3.8, 4) is 5.75 Å². The van der Waals surface area contributed by atoms with Gasteiger partial charge in [-0.25, -0.2) is 16.8 Å². The monoisotopic (exact) mass is 351 g/mol. The predicted octanol–water partition coefficient (Wildman–Crippen LogP) is 1.62. The van der Waals surface area contributed by atoms with Crippen LogP contribution in [0.15, 0.2) is 29.3 Å². The van der Waals surface area contributed by atoms with Crippen LogP contribution in [0.1, 0.15) is 0 Å². The van der Waals surface area contributed by atoms with Gasteiger partial charge in [-0.05, 0) is 12.1 Å². The standard InChI is InChI=1S/C12H14ClNO5S2/c1-19-10-5-3-4-9-12(10)11(21(13,17)18)8-14(9)6-7-20(2,15)16/h3-5,8H,6-7H2,1-2H3. The maximum atomic E-state index is 11.7. The van der Waals surface area contributed by atoms with E-state index < -0.39 is 18.9 Å². The van der Waals surface area contributed by atoms with Gasteiger partial charge in [0.05, 0.1) is 23.8 Å². The zero-order chi connectivity index (χ0) is 15.8. The number of halogens is 1. The van der Waals surface area contributed by atoms with Crippen molar-refractivity contribution >= 4 is 40.5 Å². The number of rotatable bonds is 5. The van der Waals surface area contributed by atoms with Gasteiger partial charge in [0.15, 0.2) is 0 Å². The quantitative estimate of drug-likeness (QED) is 0.764. The Balaban J connectivity index is 2.69. The first kappa shape index (κ1) is 16.1. The number of methoxy groups -OCH3 is 1. The Bertz CT molecular complexity index is 884. The minimum atomic E-state index is -3.97. The lowest BCUT2D eigenvalue weighted by Gasteiger charge is -2.06. The highest BCUT2D eigenvalue weighted by Crippen LogP contribution is 2.34. The number of hydrogen-bond donors (Lipinski definition) is 0. The van der Waals surface area contributed by atoms with Gasteiger partial charge in [-0.15, -0.1) is 0 Å². The van der Waals surface area contributed by atoms with E-state index in [2.05, 4.69) is 0 Å². The minimum Gasteiger partial charge on any atom is -0.496 e. The Morgan fingerprint density at radius 3 is 2.43 bits per heavy atom. The number of ether oxygens (including phenoxy) is 1. The van der Waals surface area contributed by atoms with Gasteiger partial charge >= 0.3 is 0 Å². The Morgan fingerprint density at radius 1 is 1.24 bits per heavy atom. The highest BCUT2D eigenvalue weighted by Gasteiger charge is 2.22. The smallest absolute Gasteiger partial charge is 0.263 e. The van der Waals surface area contributed by atoms with Crippen molar-refractivity contribution in [3.05, 3.63) is 24.4 Å². The second-order valence-corrected chi connectivity index (χ2v) is 9.40. The van der Waals surface area contributed by atoms with Crippen LogP contribution in [0.25, 0.3) is 10.9 Å². The number of sulfone groups is 1. The molecule has 0 amide bonds. The molecule has 0 radical (unpaired) electrons. The first-order valence-electron chi connectivity index (χ1n) is 5.92. The normalized spacial score (nSPS) is 12.7. The molecule has 0 aliphatic rings. The van der Waals surface area contributed by atoms with Gasteiger partial charge in [0.2, 0.25) is 0 Å². The van der Waals surface area contributed by atoms with Crippen molar-refractivity contribution in [2.24, 2.45) is 0 Å². The lowest BCUT2D eigenvalue weighted by atomic mass is 10.2. The van der Waals surface area contributed by atoms with Gasteiger partial charge in [-0.1, -0.05) is 6.07 Å². The van der Waals surface area contributed by atoms with Crippen LogP contribution in [0, 0.1) is 0 Å². The first-order chi connectivity index (χ1) is 9.63. The van der Waals surface area contributed by atoms with Gasteiger partial charge in [-0.2, -0.15) is 0 Å². The summed E-state index contributed by atoms with van der Waals surface area (Å²) < 4.78 is 52.7. The molecule has 116 valence electrons. The Morgan fingerprint density at radius 2 is 1.90 bits per heavy atom. The molecule has 0 saturated heterocycles. The summed E-state index contributed by atoms with van der Waals surface area (Å²) in [4.78, 5) is -0.0925. The average molecular weight is 352 g/mol. The van der Waals surface area contributed by atoms with Gasteiger partial charge in [0.25, 0.3) is 9.05 Å². The summed E-state index contributed by atoms with van der Waals surface area (Å²) in [6.07, 6.45) is 2.46. The summed E-state index contributed by atoms with van der Waals surface area (Å²) >= 11 is 0. The lowest BCUT2D eigenvalue weighted by Crippen LogP contribution is -2.10. The van der Waals surface area contributed by atoms with Crippen LogP contribution in [0.5, 0.6) is 5.75 Å². The second kappa shape index (κ2) is 5.51. The van der Waals surface area contributed by atoms with Crippen LogP contribution in [-0.2, 0) is 25.4 Å². The first-order valence-corrected chi connectivity index (χ1v) is 10.3. The molecule has 0 fully saturated rings. The molecule has 0 aliphatic carbocycles. The summed E-state index contributed by atoms with van der Waals surface area (Å²) in [6.45, 7) is 0.134. The largest absolute Gasteiger partial charge is 0.496 e. The summed E-state index contributed by atoms with van der Waals surface area (Å²) in [5.41, 5.74) is 0.553. The van der Waals surface area contributed by atoms with Crippen LogP contribution in [0.2, 0.25) is 0 Å².